The number of aromatic nitrogens is 1. The van der Waals surface area contributed by atoms with Crippen molar-refractivity contribution < 1.29 is 4.79 Å². The van der Waals surface area contributed by atoms with Gasteiger partial charge in [0.15, 0.2) is 0 Å². The Kier molecular flexibility index (Phi) is 5.54. The molecule has 2 aromatic rings. The molecule has 0 unspecified atom stereocenters. The van der Waals surface area contributed by atoms with Gasteiger partial charge in [0.05, 0.1) is 10.7 Å². The van der Waals surface area contributed by atoms with E-state index in [0.29, 0.717) is 19.6 Å². The molecule has 1 aliphatic rings. The van der Waals surface area contributed by atoms with Crippen molar-refractivity contribution in [3.05, 3.63) is 59.4 Å². The van der Waals surface area contributed by atoms with Gasteiger partial charge in [0.2, 0.25) is 0 Å². The summed E-state index contributed by atoms with van der Waals surface area (Å²) >= 11 is 6.24. The van der Waals surface area contributed by atoms with Gasteiger partial charge in [0.1, 0.15) is 0 Å². The number of nitrogens with one attached hydrogen (secondary N) is 1. The summed E-state index contributed by atoms with van der Waals surface area (Å²) in [6.07, 6.45) is 4.37. The summed E-state index contributed by atoms with van der Waals surface area (Å²) in [6.45, 7) is 3.60. The Labute approximate surface area is 147 Å². The van der Waals surface area contributed by atoms with Crippen molar-refractivity contribution in [1.82, 2.24) is 15.2 Å². The van der Waals surface area contributed by atoms with E-state index in [1.54, 1.807) is 6.20 Å². The zero-order valence-electron chi connectivity index (χ0n) is 13.5. The molecule has 1 N–H and O–H groups in total. The fourth-order valence-electron chi connectivity index (χ4n) is 2.83. The molecule has 1 aromatic carbocycles. The molecule has 0 atom stereocenters. The van der Waals surface area contributed by atoms with Crippen LogP contribution in [0.25, 0.3) is 0 Å². The van der Waals surface area contributed by atoms with Crippen molar-refractivity contribution in [2.24, 2.45) is 0 Å². The van der Waals surface area contributed by atoms with Crippen LogP contribution in [0.4, 0.5) is 10.5 Å². The van der Waals surface area contributed by atoms with Crippen LogP contribution >= 0.6 is 11.6 Å². The van der Waals surface area contributed by atoms with E-state index in [0.717, 1.165) is 35.8 Å². The van der Waals surface area contributed by atoms with Crippen molar-refractivity contribution in [1.29, 1.82) is 0 Å². The normalized spacial score (nSPS) is 14.5. The first-order valence-electron chi connectivity index (χ1n) is 8.15. The van der Waals surface area contributed by atoms with Crippen LogP contribution in [-0.4, -0.2) is 48.6 Å². The van der Waals surface area contributed by atoms with Gasteiger partial charge < -0.3 is 15.1 Å². The van der Waals surface area contributed by atoms with Crippen molar-refractivity contribution in [3.63, 3.8) is 0 Å². The maximum absolute atomic E-state index is 12.3. The lowest BCUT2D eigenvalue weighted by Crippen LogP contribution is -2.52. The Morgan fingerprint density at radius 2 is 1.92 bits per heavy atom. The van der Waals surface area contributed by atoms with Crippen LogP contribution in [0.5, 0.6) is 0 Å². The van der Waals surface area contributed by atoms with E-state index >= 15 is 0 Å². The number of pyridine rings is 1. The molecule has 0 radical (unpaired) electrons. The SMILES string of the molecule is O=C(NCCc1cccnc1)N1CCN(c2ccccc2Cl)CC1. The Bertz CT molecular complexity index is 672. The zero-order valence-corrected chi connectivity index (χ0v) is 14.2. The van der Waals surface area contributed by atoms with E-state index < -0.39 is 0 Å². The molecule has 0 bridgehead atoms. The van der Waals surface area contributed by atoms with Gasteiger partial charge in [-0.3, -0.25) is 4.98 Å². The molecule has 5 nitrogen and oxygen atoms in total. The molecule has 24 heavy (non-hydrogen) atoms. The van der Waals surface area contributed by atoms with Crippen LogP contribution < -0.4 is 10.2 Å². The number of hydrogen-bond donors (Lipinski definition) is 1. The highest BCUT2D eigenvalue weighted by molar-refractivity contribution is 6.33. The zero-order chi connectivity index (χ0) is 16.8. The second-order valence-corrected chi connectivity index (χ2v) is 6.18. The summed E-state index contributed by atoms with van der Waals surface area (Å²) in [5, 5.41) is 3.74. The smallest absolute Gasteiger partial charge is 0.317 e. The van der Waals surface area contributed by atoms with Crippen LogP contribution in [0.2, 0.25) is 5.02 Å². The van der Waals surface area contributed by atoms with Crippen molar-refractivity contribution in [2.45, 2.75) is 6.42 Å². The minimum atomic E-state index is -0.00213. The topological polar surface area (TPSA) is 48.5 Å². The molecule has 1 aliphatic heterocycles. The summed E-state index contributed by atoms with van der Waals surface area (Å²) in [5.74, 6) is 0. The molecule has 0 aliphatic carbocycles. The highest BCUT2D eigenvalue weighted by Crippen LogP contribution is 2.25. The van der Waals surface area contributed by atoms with Crippen LogP contribution in [0.1, 0.15) is 5.56 Å². The lowest BCUT2D eigenvalue weighted by molar-refractivity contribution is 0.194. The number of carbonyl (C=O) groups is 1. The first-order valence-corrected chi connectivity index (χ1v) is 8.53. The quantitative estimate of drug-likeness (QED) is 0.927. The number of halogens is 1. The molecule has 126 valence electrons. The number of piperazine rings is 1. The summed E-state index contributed by atoms with van der Waals surface area (Å²) < 4.78 is 0. The number of carbonyl (C=O) groups excluding carboxylic acids is 1. The van der Waals surface area contributed by atoms with Crippen LogP contribution in [0.15, 0.2) is 48.8 Å². The number of anilines is 1. The monoisotopic (exact) mass is 344 g/mol. The van der Waals surface area contributed by atoms with E-state index in [4.69, 9.17) is 11.6 Å². The number of para-hydroxylation sites is 1. The fraction of sp³-hybridized carbons (Fsp3) is 0.333. The Morgan fingerprint density at radius 3 is 2.62 bits per heavy atom. The maximum Gasteiger partial charge on any atom is 0.317 e. The molecular formula is C18H21ClN4O. The van der Waals surface area contributed by atoms with Gasteiger partial charge in [-0.2, -0.15) is 0 Å². The van der Waals surface area contributed by atoms with E-state index in [-0.39, 0.29) is 6.03 Å². The van der Waals surface area contributed by atoms with E-state index in [1.165, 1.54) is 0 Å². The molecule has 3 rings (SSSR count). The number of urea groups is 1. The predicted molar refractivity (Wildman–Crippen MR) is 96.6 cm³/mol. The third-order valence-electron chi connectivity index (χ3n) is 4.17. The fourth-order valence-corrected chi connectivity index (χ4v) is 3.09. The molecule has 0 spiro atoms. The van der Waals surface area contributed by atoms with Crippen molar-refractivity contribution in [3.8, 4) is 0 Å². The van der Waals surface area contributed by atoms with Gasteiger partial charge in [0.25, 0.3) is 0 Å². The summed E-state index contributed by atoms with van der Waals surface area (Å²) in [5.41, 5.74) is 2.16. The maximum atomic E-state index is 12.3. The number of benzene rings is 1. The van der Waals surface area contributed by atoms with Crippen molar-refractivity contribution in [2.75, 3.05) is 37.6 Å². The first-order chi connectivity index (χ1) is 11.7. The van der Waals surface area contributed by atoms with Gasteiger partial charge in [0, 0.05) is 45.1 Å². The van der Waals surface area contributed by atoms with Gasteiger partial charge >= 0.3 is 6.03 Å². The average molecular weight is 345 g/mol. The second kappa shape index (κ2) is 8.02. The van der Waals surface area contributed by atoms with Gasteiger partial charge in [-0.1, -0.05) is 29.8 Å². The Morgan fingerprint density at radius 1 is 1.12 bits per heavy atom. The number of rotatable bonds is 4. The molecule has 0 saturated carbocycles. The van der Waals surface area contributed by atoms with Crippen LogP contribution in [-0.2, 0) is 6.42 Å². The van der Waals surface area contributed by atoms with Crippen LogP contribution in [0.3, 0.4) is 0 Å². The summed E-state index contributed by atoms with van der Waals surface area (Å²) in [7, 11) is 0. The number of hydrogen-bond acceptors (Lipinski definition) is 3. The van der Waals surface area contributed by atoms with Crippen LogP contribution in [0, 0.1) is 0 Å². The molecule has 1 saturated heterocycles. The Balaban J connectivity index is 1.44. The van der Waals surface area contributed by atoms with E-state index in [9.17, 15) is 4.79 Å². The molecule has 2 heterocycles. The average Bonchev–Trinajstić information content (AvgIpc) is 2.63. The highest BCUT2D eigenvalue weighted by atomic mass is 35.5. The molecule has 6 heteroatoms. The number of amides is 2. The largest absolute Gasteiger partial charge is 0.367 e. The predicted octanol–water partition coefficient (Wildman–Crippen LogP) is 2.81. The lowest BCUT2D eigenvalue weighted by Gasteiger charge is -2.36. The van der Waals surface area contributed by atoms with Gasteiger partial charge in [-0.05, 0) is 30.2 Å². The van der Waals surface area contributed by atoms with E-state index in [1.807, 2.05) is 47.5 Å². The Hall–Kier alpha value is -2.27. The number of nitrogens with zero attached hydrogens (tertiary/aromatic N) is 3. The summed E-state index contributed by atoms with van der Waals surface area (Å²) in [4.78, 5) is 20.4. The lowest BCUT2D eigenvalue weighted by atomic mass is 10.2. The first kappa shape index (κ1) is 16.6. The van der Waals surface area contributed by atoms with Gasteiger partial charge in [-0.15, -0.1) is 0 Å². The third kappa shape index (κ3) is 4.17. The minimum Gasteiger partial charge on any atom is -0.367 e. The highest BCUT2D eigenvalue weighted by Gasteiger charge is 2.21. The second-order valence-electron chi connectivity index (χ2n) is 5.77. The molecule has 1 aromatic heterocycles. The summed E-state index contributed by atoms with van der Waals surface area (Å²) in [6, 6.07) is 11.8. The third-order valence-corrected chi connectivity index (χ3v) is 4.49. The standard InChI is InChI=1S/C18H21ClN4O/c19-16-5-1-2-6-17(16)22-10-12-23(13-11-22)18(24)21-9-7-15-4-3-8-20-14-15/h1-6,8,14H,7,9-13H2,(H,21,24). The van der Waals surface area contributed by atoms with Crippen molar-refractivity contribution >= 4 is 23.3 Å². The molecule has 1 fully saturated rings. The van der Waals surface area contributed by atoms with E-state index in [2.05, 4.69) is 15.2 Å². The van der Waals surface area contributed by atoms with Gasteiger partial charge in [-0.25, -0.2) is 4.79 Å². The molecule has 2 amide bonds. The minimum absolute atomic E-state index is 0.00213. The molecular weight excluding hydrogens is 324 g/mol.